The Bertz CT molecular complexity index is 968. The van der Waals surface area contributed by atoms with Crippen molar-refractivity contribution in [3.8, 4) is 5.75 Å². The Morgan fingerprint density at radius 1 is 1.04 bits per heavy atom. The predicted octanol–water partition coefficient (Wildman–Crippen LogP) is 3.57. The molecular formula is C20H19N5O. The number of hydrogen-bond acceptors (Lipinski definition) is 5. The lowest BCUT2D eigenvalue weighted by Gasteiger charge is -2.07. The van der Waals surface area contributed by atoms with Crippen molar-refractivity contribution in [2.45, 2.75) is 20.4 Å². The first-order valence-electron chi connectivity index (χ1n) is 8.57. The van der Waals surface area contributed by atoms with Crippen LogP contribution in [0.3, 0.4) is 0 Å². The summed E-state index contributed by atoms with van der Waals surface area (Å²) in [7, 11) is 0. The summed E-state index contributed by atoms with van der Waals surface area (Å²) in [5.41, 5.74) is 4.11. The van der Waals surface area contributed by atoms with Crippen molar-refractivity contribution in [1.29, 1.82) is 0 Å². The molecule has 4 rings (SSSR count). The fourth-order valence-electron chi connectivity index (χ4n) is 2.78. The first-order chi connectivity index (χ1) is 12.7. The standard InChI is InChI=1S/C20H19N5O/c1-3-26-17-10-8-16(9-11-17)18-19(25-20(24-18)22-13-23-25)21-12-15-6-4-14(2)5-7-15/h4-11,13H,3,12H2,1-2H3. The van der Waals surface area contributed by atoms with Crippen LogP contribution in [0.4, 0.5) is 5.95 Å². The minimum absolute atomic E-state index is 0.552. The molecule has 0 saturated carbocycles. The molecule has 0 spiro atoms. The molecule has 3 aromatic rings. The molecule has 0 radical (unpaired) electrons. The lowest BCUT2D eigenvalue weighted by molar-refractivity contribution is 0.340. The number of aromatic nitrogens is 3. The van der Waals surface area contributed by atoms with E-state index in [2.05, 4.69) is 46.3 Å². The van der Waals surface area contributed by atoms with Crippen molar-refractivity contribution in [3.63, 3.8) is 0 Å². The molecule has 130 valence electrons. The molecule has 1 aromatic heterocycles. The second-order valence-electron chi connectivity index (χ2n) is 6.02. The van der Waals surface area contributed by atoms with E-state index in [1.165, 1.54) is 11.9 Å². The Balaban J connectivity index is 1.65. The zero-order chi connectivity index (χ0) is 17.9. The molecule has 2 heterocycles. The van der Waals surface area contributed by atoms with Gasteiger partial charge < -0.3 is 4.74 Å². The summed E-state index contributed by atoms with van der Waals surface area (Å²) >= 11 is 0. The zero-order valence-corrected chi connectivity index (χ0v) is 14.8. The van der Waals surface area contributed by atoms with Crippen LogP contribution >= 0.6 is 0 Å². The van der Waals surface area contributed by atoms with Crippen molar-refractivity contribution < 1.29 is 4.74 Å². The molecule has 0 N–H and O–H groups in total. The summed E-state index contributed by atoms with van der Waals surface area (Å²) in [6.45, 7) is 5.24. The van der Waals surface area contributed by atoms with E-state index in [0.717, 1.165) is 22.6 Å². The van der Waals surface area contributed by atoms with Crippen LogP contribution in [-0.4, -0.2) is 32.9 Å². The maximum atomic E-state index is 5.51. The van der Waals surface area contributed by atoms with Gasteiger partial charge in [0, 0.05) is 5.56 Å². The molecule has 0 amide bonds. The van der Waals surface area contributed by atoms with E-state index >= 15 is 0 Å². The van der Waals surface area contributed by atoms with Gasteiger partial charge in [-0.2, -0.15) is 14.8 Å². The molecule has 0 bridgehead atoms. The number of rotatable bonds is 5. The number of hydrogen-bond donors (Lipinski definition) is 0. The third kappa shape index (κ3) is 3.13. The van der Waals surface area contributed by atoms with Crippen LogP contribution in [0, 0.1) is 6.92 Å². The van der Waals surface area contributed by atoms with Crippen molar-refractivity contribution in [2.75, 3.05) is 6.61 Å². The Morgan fingerprint density at radius 2 is 1.81 bits per heavy atom. The molecule has 6 nitrogen and oxygen atoms in total. The Hall–Kier alpha value is -3.28. The summed E-state index contributed by atoms with van der Waals surface area (Å²) in [6.07, 6.45) is 1.50. The molecule has 1 aliphatic heterocycles. The molecular weight excluding hydrogens is 326 g/mol. The number of fused-ring (bicyclic) bond motifs is 1. The van der Waals surface area contributed by atoms with Gasteiger partial charge in [-0.3, -0.25) is 4.99 Å². The SMILES string of the molecule is CCOc1ccc(C2=Nc3ncnn3C2=NCc2ccc(C)cc2)cc1. The van der Waals surface area contributed by atoms with Gasteiger partial charge in [0.15, 0.2) is 5.84 Å². The number of aliphatic imine (C=N–C) groups is 2. The van der Waals surface area contributed by atoms with Crippen LogP contribution in [0.15, 0.2) is 64.8 Å². The summed E-state index contributed by atoms with van der Waals surface area (Å²) in [5, 5.41) is 4.26. The number of ether oxygens (including phenoxy) is 1. The quantitative estimate of drug-likeness (QED) is 0.710. The number of aryl methyl sites for hydroxylation is 1. The van der Waals surface area contributed by atoms with Crippen molar-refractivity contribution in [3.05, 3.63) is 71.5 Å². The highest BCUT2D eigenvalue weighted by molar-refractivity contribution is 6.50. The minimum Gasteiger partial charge on any atom is -0.494 e. The Labute approximate surface area is 151 Å². The van der Waals surface area contributed by atoms with Crippen LogP contribution in [0.25, 0.3) is 0 Å². The van der Waals surface area contributed by atoms with Crippen molar-refractivity contribution in [1.82, 2.24) is 14.8 Å². The first kappa shape index (κ1) is 16.2. The van der Waals surface area contributed by atoms with Crippen LogP contribution in [0.2, 0.25) is 0 Å². The second-order valence-corrected chi connectivity index (χ2v) is 6.02. The van der Waals surface area contributed by atoms with Crippen molar-refractivity contribution >= 4 is 17.5 Å². The average molecular weight is 345 g/mol. The minimum atomic E-state index is 0.552. The molecule has 1 aliphatic rings. The number of nitrogens with zero attached hydrogens (tertiary/aromatic N) is 5. The molecule has 0 fully saturated rings. The smallest absolute Gasteiger partial charge is 0.254 e. The Kier molecular flexibility index (Phi) is 4.31. The molecule has 2 aromatic carbocycles. The highest BCUT2D eigenvalue weighted by atomic mass is 16.5. The lowest BCUT2D eigenvalue weighted by Crippen LogP contribution is -2.20. The van der Waals surface area contributed by atoms with E-state index in [1.807, 2.05) is 31.2 Å². The van der Waals surface area contributed by atoms with Gasteiger partial charge in [-0.25, -0.2) is 4.99 Å². The zero-order valence-electron chi connectivity index (χ0n) is 14.8. The molecule has 0 unspecified atom stereocenters. The summed E-state index contributed by atoms with van der Waals surface area (Å²) in [6, 6.07) is 16.2. The molecule has 0 aliphatic carbocycles. The van der Waals surface area contributed by atoms with Crippen molar-refractivity contribution in [2.24, 2.45) is 9.98 Å². The molecule has 6 heteroatoms. The van der Waals surface area contributed by atoms with Gasteiger partial charge in [0.1, 0.15) is 17.8 Å². The van der Waals surface area contributed by atoms with E-state index in [9.17, 15) is 0 Å². The fourth-order valence-corrected chi connectivity index (χ4v) is 2.78. The van der Waals surface area contributed by atoms with Gasteiger partial charge in [0.2, 0.25) is 0 Å². The van der Waals surface area contributed by atoms with Gasteiger partial charge in [-0.15, -0.1) is 0 Å². The topological polar surface area (TPSA) is 64.7 Å². The van der Waals surface area contributed by atoms with Crippen LogP contribution < -0.4 is 4.74 Å². The average Bonchev–Trinajstić information content (AvgIpc) is 3.24. The normalized spacial score (nSPS) is 14.4. The molecule has 0 atom stereocenters. The first-order valence-corrected chi connectivity index (χ1v) is 8.57. The number of benzene rings is 2. The summed E-state index contributed by atoms with van der Waals surface area (Å²) in [4.78, 5) is 13.6. The van der Waals surface area contributed by atoms with Crippen LogP contribution in [0.1, 0.15) is 23.6 Å². The van der Waals surface area contributed by atoms with Crippen LogP contribution in [-0.2, 0) is 6.54 Å². The van der Waals surface area contributed by atoms with Gasteiger partial charge in [-0.05, 0) is 43.7 Å². The largest absolute Gasteiger partial charge is 0.494 e. The molecule has 0 saturated heterocycles. The second kappa shape index (κ2) is 6.92. The van der Waals surface area contributed by atoms with E-state index in [1.54, 1.807) is 4.68 Å². The van der Waals surface area contributed by atoms with Gasteiger partial charge >= 0.3 is 0 Å². The summed E-state index contributed by atoms with van der Waals surface area (Å²) in [5.74, 6) is 2.10. The van der Waals surface area contributed by atoms with E-state index in [4.69, 9.17) is 9.73 Å². The van der Waals surface area contributed by atoms with Crippen LogP contribution in [0.5, 0.6) is 5.75 Å². The monoisotopic (exact) mass is 345 g/mol. The van der Waals surface area contributed by atoms with E-state index < -0.39 is 0 Å². The van der Waals surface area contributed by atoms with Gasteiger partial charge in [0.25, 0.3) is 5.95 Å². The third-order valence-corrected chi connectivity index (χ3v) is 4.12. The predicted molar refractivity (Wildman–Crippen MR) is 102 cm³/mol. The summed E-state index contributed by atoms with van der Waals surface area (Å²) < 4.78 is 7.19. The maximum absolute atomic E-state index is 5.51. The highest BCUT2D eigenvalue weighted by Gasteiger charge is 2.25. The lowest BCUT2D eigenvalue weighted by atomic mass is 10.1. The van der Waals surface area contributed by atoms with Gasteiger partial charge in [-0.1, -0.05) is 29.8 Å². The maximum Gasteiger partial charge on any atom is 0.254 e. The highest BCUT2D eigenvalue weighted by Crippen LogP contribution is 2.22. The molecule has 26 heavy (non-hydrogen) atoms. The van der Waals surface area contributed by atoms with Gasteiger partial charge in [0.05, 0.1) is 13.2 Å². The van der Waals surface area contributed by atoms with E-state index in [0.29, 0.717) is 24.9 Å². The third-order valence-electron chi connectivity index (χ3n) is 4.12. The van der Waals surface area contributed by atoms with E-state index in [-0.39, 0.29) is 0 Å². The fraction of sp³-hybridized carbons (Fsp3) is 0.200. The Morgan fingerprint density at radius 3 is 2.54 bits per heavy atom.